The predicted octanol–water partition coefficient (Wildman–Crippen LogP) is 4.10. The molecule has 0 aliphatic carbocycles. The summed E-state index contributed by atoms with van der Waals surface area (Å²) in [4.78, 5) is 12.9. The van der Waals surface area contributed by atoms with Crippen LogP contribution in [0.25, 0.3) is 0 Å². The second-order valence-corrected chi connectivity index (χ2v) is 5.08. The quantitative estimate of drug-likeness (QED) is 0.897. The van der Waals surface area contributed by atoms with Crippen LogP contribution < -0.4 is 0 Å². The highest BCUT2D eigenvalue weighted by molar-refractivity contribution is 7.99. The van der Waals surface area contributed by atoms with Gasteiger partial charge in [-0.15, -0.1) is 0 Å². The van der Waals surface area contributed by atoms with Crippen molar-refractivity contribution < 1.29 is 9.90 Å². The number of carboxylic acids is 1. The van der Waals surface area contributed by atoms with Gasteiger partial charge in [-0.1, -0.05) is 30.8 Å². The summed E-state index contributed by atoms with van der Waals surface area (Å²) in [7, 11) is 0. The van der Waals surface area contributed by atoms with E-state index in [1.807, 2.05) is 12.1 Å². The van der Waals surface area contributed by atoms with Crippen LogP contribution in [0.5, 0.6) is 0 Å². The van der Waals surface area contributed by atoms with E-state index in [1.165, 1.54) is 5.56 Å². The van der Waals surface area contributed by atoms with E-state index < -0.39 is 5.97 Å². The van der Waals surface area contributed by atoms with E-state index in [0.29, 0.717) is 5.56 Å². The van der Waals surface area contributed by atoms with Gasteiger partial charge in [0.05, 0.1) is 5.56 Å². The van der Waals surface area contributed by atoms with E-state index in [9.17, 15) is 4.79 Å². The third-order valence-corrected chi connectivity index (χ3v) is 3.68. The maximum atomic E-state index is 10.7. The van der Waals surface area contributed by atoms with E-state index >= 15 is 0 Å². The van der Waals surface area contributed by atoms with Gasteiger partial charge < -0.3 is 5.11 Å². The summed E-state index contributed by atoms with van der Waals surface area (Å²) in [5.74, 6) is -0.890. The molecule has 0 heterocycles. The first-order valence-electron chi connectivity index (χ1n) is 5.79. The predicted molar refractivity (Wildman–Crippen MR) is 73.3 cm³/mol. The molecule has 0 radical (unpaired) electrons. The summed E-state index contributed by atoms with van der Waals surface area (Å²) in [5, 5.41) is 8.82. The SMILES string of the molecule is CCc1ccc(Sc2ccc(C(=O)O)cc2)cc1. The zero-order valence-corrected chi connectivity index (χ0v) is 10.9. The van der Waals surface area contributed by atoms with Gasteiger partial charge in [-0.2, -0.15) is 0 Å². The van der Waals surface area contributed by atoms with Crippen LogP contribution in [0.4, 0.5) is 0 Å². The van der Waals surface area contributed by atoms with E-state index in [1.54, 1.807) is 23.9 Å². The standard InChI is InChI=1S/C15H14O2S/c1-2-11-3-7-13(8-4-11)18-14-9-5-12(6-10-14)15(16)17/h3-10H,2H2,1H3,(H,16,17). The Morgan fingerprint density at radius 3 is 1.94 bits per heavy atom. The van der Waals surface area contributed by atoms with Crippen LogP contribution in [0.15, 0.2) is 58.3 Å². The first-order chi connectivity index (χ1) is 8.69. The summed E-state index contributed by atoms with van der Waals surface area (Å²) in [6.45, 7) is 2.13. The van der Waals surface area contributed by atoms with Crippen molar-refractivity contribution in [1.82, 2.24) is 0 Å². The largest absolute Gasteiger partial charge is 0.478 e. The Morgan fingerprint density at radius 1 is 1.00 bits per heavy atom. The minimum atomic E-state index is -0.890. The van der Waals surface area contributed by atoms with Gasteiger partial charge in [0, 0.05) is 9.79 Å². The molecule has 0 saturated carbocycles. The van der Waals surface area contributed by atoms with Crippen molar-refractivity contribution in [2.75, 3.05) is 0 Å². The number of aromatic carboxylic acids is 1. The number of rotatable bonds is 4. The second-order valence-electron chi connectivity index (χ2n) is 3.93. The maximum Gasteiger partial charge on any atom is 0.335 e. The topological polar surface area (TPSA) is 37.3 Å². The number of hydrogen-bond acceptors (Lipinski definition) is 2. The van der Waals surface area contributed by atoms with Gasteiger partial charge in [0.2, 0.25) is 0 Å². The fourth-order valence-corrected chi connectivity index (χ4v) is 2.41. The zero-order chi connectivity index (χ0) is 13.0. The number of hydrogen-bond donors (Lipinski definition) is 1. The molecule has 92 valence electrons. The van der Waals surface area contributed by atoms with Crippen molar-refractivity contribution in [3.05, 3.63) is 59.7 Å². The monoisotopic (exact) mass is 258 g/mol. The van der Waals surface area contributed by atoms with Gasteiger partial charge in [0.1, 0.15) is 0 Å². The number of aryl methyl sites for hydroxylation is 1. The molecule has 2 rings (SSSR count). The molecule has 0 atom stereocenters. The Bertz CT molecular complexity index is 529. The highest BCUT2D eigenvalue weighted by Crippen LogP contribution is 2.27. The summed E-state index contributed by atoms with van der Waals surface area (Å²) >= 11 is 1.63. The van der Waals surface area contributed by atoms with Crippen molar-refractivity contribution in [1.29, 1.82) is 0 Å². The molecule has 0 fully saturated rings. The van der Waals surface area contributed by atoms with Crippen LogP contribution in [-0.4, -0.2) is 11.1 Å². The van der Waals surface area contributed by atoms with E-state index in [4.69, 9.17) is 5.11 Å². The maximum absolute atomic E-state index is 10.7. The van der Waals surface area contributed by atoms with Gasteiger partial charge in [-0.05, 0) is 48.4 Å². The third kappa shape index (κ3) is 3.14. The van der Waals surface area contributed by atoms with E-state index in [-0.39, 0.29) is 0 Å². The third-order valence-electron chi connectivity index (χ3n) is 2.67. The summed E-state index contributed by atoms with van der Waals surface area (Å²) in [6, 6.07) is 15.4. The molecule has 0 amide bonds. The van der Waals surface area contributed by atoms with E-state index in [0.717, 1.165) is 16.2 Å². The Kier molecular flexibility index (Phi) is 4.05. The summed E-state index contributed by atoms with van der Waals surface area (Å²) < 4.78 is 0. The van der Waals surface area contributed by atoms with Crippen LogP contribution in [0.1, 0.15) is 22.8 Å². The van der Waals surface area contributed by atoms with Crippen LogP contribution in [0.2, 0.25) is 0 Å². The molecule has 0 unspecified atom stereocenters. The second kappa shape index (κ2) is 5.74. The van der Waals surface area contributed by atoms with Crippen LogP contribution in [0, 0.1) is 0 Å². The summed E-state index contributed by atoms with van der Waals surface area (Å²) in [5.41, 5.74) is 1.64. The lowest BCUT2D eigenvalue weighted by atomic mass is 10.2. The number of benzene rings is 2. The molecule has 0 aliphatic heterocycles. The van der Waals surface area contributed by atoms with Gasteiger partial charge in [0.15, 0.2) is 0 Å². The smallest absolute Gasteiger partial charge is 0.335 e. The molecule has 0 bridgehead atoms. The van der Waals surface area contributed by atoms with Crippen molar-refractivity contribution in [2.45, 2.75) is 23.1 Å². The van der Waals surface area contributed by atoms with Crippen molar-refractivity contribution in [3.63, 3.8) is 0 Å². The molecule has 0 spiro atoms. The molecule has 0 aromatic heterocycles. The van der Waals surface area contributed by atoms with Crippen molar-refractivity contribution >= 4 is 17.7 Å². The first kappa shape index (κ1) is 12.7. The van der Waals surface area contributed by atoms with Crippen molar-refractivity contribution in [3.8, 4) is 0 Å². The molecule has 2 nitrogen and oxygen atoms in total. The first-order valence-corrected chi connectivity index (χ1v) is 6.61. The molecule has 2 aromatic rings. The van der Waals surface area contributed by atoms with Crippen molar-refractivity contribution in [2.24, 2.45) is 0 Å². The molecular formula is C15H14O2S. The average molecular weight is 258 g/mol. The lowest BCUT2D eigenvalue weighted by Gasteiger charge is -2.03. The van der Waals surface area contributed by atoms with Crippen LogP contribution >= 0.6 is 11.8 Å². The molecule has 18 heavy (non-hydrogen) atoms. The Hall–Kier alpha value is -1.74. The average Bonchev–Trinajstić information content (AvgIpc) is 2.40. The Balaban J connectivity index is 2.10. The fourth-order valence-electron chi connectivity index (χ4n) is 1.59. The highest BCUT2D eigenvalue weighted by atomic mass is 32.2. The highest BCUT2D eigenvalue weighted by Gasteiger charge is 2.02. The molecule has 1 N–H and O–H groups in total. The van der Waals surface area contributed by atoms with Gasteiger partial charge in [-0.3, -0.25) is 0 Å². The Morgan fingerprint density at radius 2 is 1.50 bits per heavy atom. The van der Waals surface area contributed by atoms with Gasteiger partial charge in [0.25, 0.3) is 0 Å². The normalized spacial score (nSPS) is 10.3. The van der Waals surface area contributed by atoms with Gasteiger partial charge >= 0.3 is 5.97 Å². The molecular weight excluding hydrogens is 244 g/mol. The van der Waals surface area contributed by atoms with E-state index in [2.05, 4.69) is 31.2 Å². The number of carbonyl (C=O) groups is 1. The van der Waals surface area contributed by atoms with Crippen LogP contribution in [-0.2, 0) is 6.42 Å². The zero-order valence-electron chi connectivity index (χ0n) is 10.1. The molecule has 2 aromatic carbocycles. The van der Waals surface area contributed by atoms with Gasteiger partial charge in [-0.25, -0.2) is 4.79 Å². The summed E-state index contributed by atoms with van der Waals surface area (Å²) in [6.07, 6.45) is 1.04. The molecule has 0 aliphatic rings. The molecule has 0 saturated heterocycles. The minimum Gasteiger partial charge on any atom is -0.478 e. The fraction of sp³-hybridized carbons (Fsp3) is 0.133. The molecule has 3 heteroatoms. The minimum absolute atomic E-state index is 0.320. The lowest BCUT2D eigenvalue weighted by molar-refractivity contribution is 0.0697. The van der Waals surface area contributed by atoms with Crippen LogP contribution in [0.3, 0.4) is 0 Å². The number of carboxylic acid groups (broad SMARTS) is 1. The Labute approximate surface area is 111 Å². The lowest BCUT2D eigenvalue weighted by Crippen LogP contribution is -1.94.